The van der Waals surface area contributed by atoms with Gasteiger partial charge in [-0.3, -0.25) is 14.4 Å². The molecular weight excluding hydrogens is 1010 g/mol. The van der Waals surface area contributed by atoms with Crippen LogP contribution < -0.4 is 24.6 Å². The molecule has 0 bridgehead atoms. The first-order valence-electron chi connectivity index (χ1n) is 24.9. The van der Waals surface area contributed by atoms with Crippen molar-refractivity contribution in [1.82, 2.24) is 79.6 Å². The highest BCUT2D eigenvalue weighted by Crippen LogP contribution is 2.34. The number of nitrogens with one attached hydrogen (secondary N) is 3. The fourth-order valence-corrected chi connectivity index (χ4v) is 9.29. The minimum atomic E-state index is -1.54. The molecule has 2 aliphatic heterocycles. The largest absolute Gasteiger partial charge is 0.494 e. The average molecular weight is 1070 g/mol. The van der Waals surface area contributed by atoms with Crippen molar-refractivity contribution >= 4 is 56.6 Å². The van der Waals surface area contributed by atoms with Gasteiger partial charge in [-0.25, -0.2) is 54.0 Å². The van der Waals surface area contributed by atoms with Crippen LogP contribution in [0.3, 0.4) is 0 Å². The van der Waals surface area contributed by atoms with Crippen molar-refractivity contribution in [3.63, 3.8) is 0 Å². The van der Waals surface area contributed by atoms with Crippen LogP contribution >= 0.6 is 0 Å². The topological polar surface area (TPSA) is 299 Å². The van der Waals surface area contributed by atoms with Gasteiger partial charge in [-0.15, -0.1) is 0 Å². The van der Waals surface area contributed by atoms with Crippen LogP contribution in [0.25, 0.3) is 56.0 Å². The molecule has 2 fully saturated rings. The van der Waals surface area contributed by atoms with E-state index in [0.717, 1.165) is 60.1 Å². The Balaban J connectivity index is 0.000000148. The maximum absolute atomic E-state index is 13.5. The summed E-state index contributed by atoms with van der Waals surface area (Å²) in [6, 6.07) is 20.2. The van der Waals surface area contributed by atoms with Crippen molar-refractivity contribution in [2.75, 3.05) is 76.4 Å². The van der Waals surface area contributed by atoms with E-state index in [1.807, 2.05) is 54.7 Å². The molecule has 10 aromatic rings. The van der Waals surface area contributed by atoms with Crippen LogP contribution in [0.4, 0.5) is 11.4 Å². The number of hydrogen-bond acceptors (Lipinski definition) is 19. The molecule has 0 unspecified atom stereocenters. The zero-order valence-electron chi connectivity index (χ0n) is 43.3. The molecule has 4 N–H and O–H groups in total. The number of carboxylic acids is 1. The first kappa shape index (κ1) is 52.2. The molecule has 0 radical (unpaired) electrons. The fourth-order valence-electron chi connectivity index (χ4n) is 9.29. The Bertz CT molecular complexity index is 3810. The molecule has 0 atom stereocenters. The number of ketones is 2. The molecule has 0 aliphatic carbocycles. The number of rotatable bonds is 12. The van der Waals surface area contributed by atoms with E-state index >= 15 is 0 Å². The highest BCUT2D eigenvalue weighted by Gasteiger charge is 2.31. The number of hydrogen-bond donors (Lipinski definition) is 4. The molecule has 1 amide bonds. The predicted molar refractivity (Wildman–Crippen MR) is 290 cm³/mol. The summed E-state index contributed by atoms with van der Waals surface area (Å²) >= 11 is 0. The Morgan fingerprint density at radius 1 is 0.557 bits per heavy atom. The van der Waals surface area contributed by atoms with Crippen LogP contribution in [0.1, 0.15) is 32.4 Å². The number of fused-ring (bicyclic) bond motifs is 2. The summed E-state index contributed by atoms with van der Waals surface area (Å²) in [6.07, 6.45) is 15.6. The van der Waals surface area contributed by atoms with E-state index in [0.29, 0.717) is 82.8 Å². The van der Waals surface area contributed by atoms with Gasteiger partial charge in [0.2, 0.25) is 0 Å². The van der Waals surface area contributed by atoms with E-state index in [2.05, 4.69) is 87.3 Å². The lowest BCUT2D eigenvalue weighted by Gasteiger charge is -2.36. The van der Waals surface area contributed by atoms with Gasteiger partial charge in [-0.2, -0.15) is 10.2 Å². The number of Topliss-reactive ketones (excluding diaryl/α,β-unsaturated/α-hetero) is 2. The van der Waals surface area contributed by atoms with E-state index < -0.39 is 23.4 Å². The highest BCUT2D eigenvalue weighted by molar-refractivity contribution is 6.45. The number of aliphatic carboxylic acids is 1. The standard InChI is InChI=1S/C27H25N9O3.C14H16N4.C13H11N5O4/c1-17-32-16-36(33-17)26-24-22(21(39-2)14-30-26)19(12-29-24)25(37)27(38)35-10-8-34(9-11-35)20-13-28-15-31-23(20)18-6-4-3-5-7-18;1-2-4-12(5-3-1)14-13(10-16-11-17-14)18-8-6-15-7-9-18;1-6-16-5-18(17-6)12-10-9(8(22-2)4-15-12)7(3-14-10)11(19)13(20)21/h3-7,12-16,29H,8-11H2,1-2H3;1-5,10-11,15H,6-9H2;3-5,14H,1-2H3,(H,20,21). The highest BCUT2D eigenvalue weighted by atomic mass is 16.5. The number of aryl methyl sites for hydroxylation is 2. The van der Waals surface area contributed by atoms with Crippen molar-refractivity contribution in [2.45, 2.75) is 13.8 Å². The minimum Gasteiger partial charge on any atom is -0.494 e. The van der Waals surface area contributed by atoms with E-state index in [1.54, 1.807) is 31.3 Å². The number of benzene rings is 2. The van der Waals surface area contributed by atoms with Gasteiger partial charge in [0.05, 0.1) is 94.7 Å². The fraction of sp³-hybridized carbons (Fsp3) is 0.222. The number of carbonyl (C=O) groups is 4. The molecule has 400 valence electrons. The van der Waals surface area contributed by atoms with Crippen LogP contribution in [0, 0.1) is 13.8 Å². The van der Waals surface area contributed by atoms with Crippen molar-refractivity contribution in [3.05, 3.63) is 146 Å². The minimum absolute atomic E-state index is 0.000151. The van der Waals surface area contributed by atoms with Crippen LogP contribution in [-0.2, 0) is 9.59 Å². The Morgan fingerprint density at radius 3 is 1.44 bits per heavy atom. The molecule has 8 aromatic heterocycles. The average Bonchev–Trinajstić information content (AvgIpc) is 4.45. The second kappa shape index (κ2) is 23.3. The van der Waals surface area contributed by atoms with Gasteiger partial charge >= 0.3 is 5.97 Å². The molecule has 79 heavy (non-hydrogen) atoms. The second-order valence-corrected chi connectivity index (χ2v) is 17.9. The van der Waals surface area contributed by atoms with Crippen molar-refractivity contribution in [2.24, 2.45) is 0 Å². The van der Waals surface area contributed by atoms with Gasteiger partial charge in [0.15, 0.2) is 11.6 Å². The summed E-state index contributed by atoms with van der Waals surface area (Å²) in [6.45, 7) is 9.41. The lowest BCUT2D eigenvalue weighted by atomic mass is 10.1. The maximum atomic E-state index is 13.5. The van der Waals surface area contributed by atoms with Gasteiger partial charge in [0.25, 0.3) is 17.5 Å². The molecule has 2 aliphatic rings. The number of aromatic nitrogens is 14. The number of pyridine rings is 2. The summed E-state index contributed by atoms with van der Waals surface area (Å²) in [5.74, 6) is -1.11. The number of anilines is 2. The van der Waals surface area contributed by atoms with Crippen molar-refractivity contribution in [1.29, 1.82) is 0 Å². The first-order valence-corrected chi connectivity index (χ1v) is 24.9. The van der Waals surface area contributed by atoms with E-state index in [1.165, 1.54) is 67.4 Å². The van der Waals surface area contributed by atoms with Crippen molar-refractivity contribution in [3.8, 4) is 45.6 Å². The quantitative estimate of drug-likeness (QED) is 0.0949. The molecule has 2 saturated heterocycles. The van der Waals surface area contributed by atoms with E-state index in [-0.39, 0.29) is 11.1 Å². The molecule has 0 spiro atoms. The van der Waals surface area contributed by atoms with Gasteiger partial charge in [-0.05, 0) is 13.8 Å². The third-order valence-corrected chi connectivity index (χ3v) is 13.1. The lowest BCUT2D eigenvalue weighted by molar-refractivity contribution is -0.131. The zero-order valence-corrected chi connectivity index (χ0v) is 43.3. The second-order valence-electron chi connectivity index (χ2n) is 17.9. The molecule has 25 nitrogen and oxygen atoms in total. The van der Waals surface area contributed by atoms with Crippen LogP contribution in [0.5, 0.6) is 11.5 Å². The third kappa shape index (κ3) is 10.9. The Labute approximate surface area is 450 Å². The monoisotopic (exact) mass is 1060 g/mol. The van der Waals surface area contributed by atoms with E-state index in [9.17, 15) is 19.2 Å². The van der Waals surface area contributed by atoms with Gasteiger partial charge in [0, 0.05) is 75.9 Å². The number of ether oxygens (including phenoxy) is 2. The summed E-state index contributed by atoms with van der Waals surface area (Å²) in [4.78, 5) is 95.8. The number of carbonyl (C=O) groups excluding carboxylic acids is 3. The molecule has 12 rings (SSSR count). The number of nitrogens with zero attached hydrogens (tertiary/aromatic N) is 15. The predicted octanol–water partition coefficient (Wildman–Crippen LogP) is 4.73. The van der Waals surface area contributed by atoms with Crippen molar-refractivity contribution < 1.29 is 33.8 Å². The molecule has 25 heteroatoms. The van der Waals surface area contributed by atoms with Crippen LogP contribution in [0.15, 0.2) is 123 Å². The van der Waals surface area contributed by atoms with E-state index in [4.69, 9.17) is 14.6 Å². The number of H-pyrrole nitrogens is 2. The normalized spacial score (nSPS) is 13.3. The number of aromatic amines is 2. The van der Waals surface area contributed by atoms with Gasteiger partial charge in [-0.1, -0.05) is 60.7 Å². The van der Waals surface area contributed by atoms with Gasteiger partial charge < -0.3 is 44.6 Å². The summed E-state index contributed by atoms with van der Waals surface area (Å²) < 4.78 is 13.6. The van der Waals surface area contributed by atoms with Crippen LogP contribution in [0.2, 0.25) is 0 Å². The maximum Gasteiger partial charge on any atom is 0.377 e. The zero-order chi connectivity index (χ0) is 55.0. The Kier molecular flexibility index (Phi) is 15.4. The Hall–Kier alpha value is -10.3. The third-order valence-electron chi connectivity index (χ3n) is 13.1. The summed E-state index contributed by atoms with van der Waals surface area (Å²) in [7, 11) is 2.91. The summed E-state index contributed by atoms with van der Waals surface area (Å²) in [5.41, 5.74) is 7.20. The van der Waals surface area contributed by atoms with Crippen LogP contribution in [-0.4, -0.2) is 169 Å². The number of piperazine rings is 2. The lowest BCUT2D eigenvalue weighted by Crippen LogP contribution is -2.50. The first-order chi connectivity index (χ1) is 38.5. The molecule has 2 aromatic carbocycles. The molecular formula is C54H52N18O7. The van der Waals surface area contributed by atoms with Gasteiger partial charge in [0.1, 0.15) is 48.5 Å². The number of amides is 1. The Morgan fingerprint density at radius 2 is 1.01 bits per heavy atom. The number of carboxylic acid groups (broad SMARTS) is 1. The summed E-state index contributed by atoms with van der Waals surface area (Å²) in [5, 5.41) is 21.6. The molecule has 10 heterocycles. The smallest absolute Gasteiger partial charge is 0.377 e. The molecule has 0 saturated carbocycles. The number of methoxy groups -OCH3 is 2. The SMILES string of the molecule is COc1cnc(-n2cnc(C)n2)c2[nH]cc(C(=O)C(=O)N3CCN(c4cncnc4-c4ccccc4)CC3)c12.COc1cnc(-n2cnc(C)n2)c2[nH]cc(C(=O)C(=O)O)c12.c1ccc(-c2ncncc2N2CCNCC2)cc1.